The molecule has 4 rings (SSSR count). The minimum Gasteiger partial charge on any atom is -0.459 e. The fourth-order valence-electron chi connectivity index (χ4n) is 3.66. The number of amides is 2. The van der Waals surface area contributed by atoms with E-state index < -0.39 is 26.8 Å². The lowest BCUT2D eigenvalue weighted by Crippen LogP contribution is -2.32. The predicted octanol–water partition coefficient (Wildman–Crippen LogP) is 4.63. The topological polar surface area (TPSA) is 164 Å². The Morgan fingerprint density at radius 3 is 2.26 bits per heavy atom. The number of nitro benzene ring substituents is 1. The van der Waals surface area contributed by atoms with Gasteiger partial charge in [0.1, 0.15) is 11.5 Å². The van der Waals surface area contributed by atoms with Crippen molar-refractivity contribution < 1.29 is 27.3 Å². The average molecular weight is 610 g/mol. The molecule has 0 saturated carbocycles. The normalized spacial score (nSPS) is 11.5. The maximum Gasteiger partial charge on any atom is 0.329 e. The zero-order valence-electron chi connectivity index (χ0n) is 22.1. The van der Waals surface area contributed by atoms with Crippen LogP contribution in [-0.4, -0.2) is 35.7 Å². The highest BCUT2D eigenvalue weighted by Gasteiger charge is 2.26. The van der Waals surface area contributed by atoms with Gasteiger partial charge in [-0.15, -0.1) is 0 Å². The van der Waals surface area contributed by atoms with E-state index in [1.165, 1.54) is 34.6 Å². The summed E-state index contributed by atoms with van der Waals surface area (Å²) in [5.74, 6) is -1.63. The highest BCUT2D eigenvalue weighted by Crippen LogP contribution is 2.23. The number of nitrogens with one attached hydrogen (secondary N) is 2. The molecule has 1 heterocycles. The van der Waals surface area contributed by atoms with Gasteiger partial charge in [-0.3, -0.25) is 19.7 Å². The van der Waals surface area contributed by atoms with E-state index >= 15 is 0 Å². The minimum absolute atomic E-state index is 0.0530. The number of hydrazone groups is 1. The lowest BCUT2D eigenvalue weighted by Gasteiger charge is -2.21. The summed E-state index contributed by atoms with van der Waals surface area (Å²) < 4.78 is 34.0. The molecule has 0 unspecified atom stereocenters. The monoisotopic (exact) mass is 609 g/mol. The smallest absolute Gasteiger partial charge is 0.329 e. The number of hydrogen-bond donors (Lipinski definition) is 2. The number of hydrogen-bond acceptors (Lipinski definition) is 8. The summed E-state index contributed by atoms with van der Waals surface area (Å²) >= 11 is 5.98. The Bertz CT molecular complexity index is 1720. The van der Waals surface area contributed by atoms with Crippen molar-refractivity contribution in [2.45, 2.75) is 24.9 Å². The van der Waals surface area contributed by atoms with Gasteiger partial charge in [0, 0.05) is 29.4 Å². The van der Waals surface area contributed by atoms with Gasteiger partial charge >= 0.3 is 11.8 Å². The number of halogens is 1. The number of nitro groups is 1. The molecule has 0 saturated heterocycles. The lowest BCUT2D eigenvalue weighted by molar-refractivity contribution is -0.384. The van der Waals surface area contributed by atoms with E-state index in [0.717, 1.165) is 17.3 Å². The standard InChI is InChI=1S/C28H24ClN5O7S/c1-19-2-14-26(15-3-19)42(39,40)33(17-20-4-6-21(29)7-5-20)18-25-13-12-24(41-25)16-30-32-28(36)27(35)31-22-8-10-23(11-9-22)34(37)38/h2-16H,17-18H2,1H3,(H,31,35)(H,32,36)/b30-16+. The SMILES string of the molecule is Cc1ccc(S(=O)(=O)N(Cc2ccc(Cl)cc2)Cc2ccc(/C=N/NC(=O)C(=O)Nc3ccc([N+](=O)[O-])cc3)o2)cc1. The molecular formula is C28H24ClN5O7S. The van der Waals surface area contributed by atoms with Crippen LogP contribution in [0.4, 0.5) is 11.4 Å². The van der Waals surface area contributed by atoms with Gasteiger partial charge in [-0.25, -0.2) is 13.8 Å². The third-order valence-electron chi connectivity index (χ3n) is 5.85. The Labute approximate surface area is 245 Å². The summed E-state index contributed by atoms with van der Waals surface area (Å²) in [6.45, 7) is 1.82. The number of carbonyl (C=O) groups is 2. The molecule has 2 N–H and O–H groups in total. The number of carbonyl (C=O) groups excluding carboxylic acids is 2. The zero-order chi connectivity index (χ0) is 30.3. The van der Waals surface area contributed by atoms with Gasteiger partial charge in [-0.1, -0.05) is 41.4 Å². The van der Waals surface area contributed by atoms with E-state index in [2.05, 4.69) is 15.8 Å². The first-order valence-electron chi connectivity index (χ1n) is 12.3. The van der Waals surface area contributed by atoms with E-state index in [1.807, 2.05) is 6.92 Å². The number of anilines is 1. The third kappa shape index (κ3) is 7.87. The van der Waals surface area contributed by atoms with Gasteiger partial charge in [0.25, 0.3) is 5.69 Å². The van der Waals surface area contributed by atoms with Crippen molar-refractivity contribution in [3.63, 3.8) is 0 Å². The van der Waals surface area contributed by atoms with Crippen LogP contribution in [0.5, 0.6) is 0 Å². The summed E-state index contributed by atoms with van der Waals surface area (Å²) in [4.78, 5) is 34.4. The second-order valence-electron chi connectivity index (χ2n) is 8.97. The van der Waals surface area contributed by atoms with Crippen molar-refractivity contribution in [2.75, 3.05) is 5.32 Å². The molecule has 0 spiro atoms. The Balaban J connectivity index is 1.42. The summed E-state index contributed by atoms with van der Waals surface area (Å²) in [5, 5.41) is 17.2. The number of non-ortho nitro benzene ring substituents is 1. The van der Waals surface area contributed by atoms with Crippen LogP contribution in [0.15, 0.2) is 99.3 Å². The molecule has 2 amide bonds. The first kappa shape index (κ1) is 30.1. The van der Waals surface area contributed by atoms with Crippen molar-refractivity contribution in [3.05, 3.63) is 123 Å². The summed E-state index contributed by atoms with van der Waals surface area (Å²) in [7, 11) is -3.91. The number of nitrogens with zero attached hydrogens (tertiary/aromatic N) is 3. The number of sulfonamides is 1. The number of furan rings is 1. The number of rotatable bonds is 10. The molecule has 12 nitrogen and oxygen atoms in total. The van der Waals surface area contributed by atoms with Gasteiger partial charge in [-0.05, 0) is 61.0 Å². The van der Waals surface area contributed by atoms with Gasteiger partial charge in [-0.2, -0.15) is 9.41 Å². The van der Waals surface area contributed by atoms with E-state index in [1.54, 1.807) is 54.6 Å². The van der Waals surface area contributed by atoms with Crippen molar-refractivity contribution in [1.82, 2.24) is 9.73 Å². The molecule has 4 aromatic rings. The third-order valence-corrected chi connectivity index (χ3v) is 7.90. The van der Waals surface area contributed by atoms with Crippen molar-refractivity contribution >= 4 is 51.0 Å². The summed E-state index contributed by atoms with van der Waals surface area (Å²) in [6, 6.07) is 21.4. The fourth-order valence-corrected chi connectivity index (χ4v) is 5.18. The van der Waals surface area contributed by atoms with E-state index in [0.29, 0.717) is 10.8 Å². The zero-order valence-corrected chi connectivity index (χ0v) is 23.6. The van der Waals surface area contributed by atoms with Gasteiger partial charge in [0.15, 0.2) is 0 Å². The number of benzene rings is 3. The minimum atomic E-state index is -3.91. The molecule has 0 bridgehead atoms. The lowest BCUT2D eigenvalue weighted by atomic mass is 10.2. The molecule has 0 fully saturated rings. The van der Waals surface area contributed by atoms with Crippen LogP contribution < -0.4 is 10.7 Å². The Kier molecular flexibility index (Phi) is 9.47. The van der Waals surface area contributed by atoms with Crippen LogP contribution in [0.2, 0.25) is 5.02 Å². The van der Waals surface area contributed by atoms with Crippen molar-refractivity contribution in [1.29, 1.82) is 0 Å². The number of aryl methyl sites for hydroxylation is 1. The highest BCUT2D eigenvalue weighted by atomic mass is 35.5. The maximum atomic E-state index is 13.5. The van der Waals surface area contributed by atoms with E-state index in [9.17, 15) is 28.1 Å². The Morgan fingerprint density at radius 2 is 1.62 bits per heavy atom. The molecule has 14 heteroatoms. The molecule has 3 aromatic carbocycles. The largest absolute Gasteiger partial charge is 0.459 e. The van der Waals surface area contributed by atoms with E-state index in [4.69, 9.17) is 16.0 Å². The molecule has 0 aliphatic rings. The second kappa shape index (κ2) is 13.2. The van der Waals surface area contributed by atoms with Crippen LogP contribution >= 0.6 is 11.6 Å². The quantitative estimate of drug-likeness (QED) is 0.114. The van der Waals surface area contributed by atoms with Gasteiger partial charge < -0.3 is 9.73 Å². The maximum absolute atomic E-state index is 13.5. The van der Waals surface area contributed by atoms with E-state index in [-0.39, 0.29) is 35.1 Å². The van der Waals surface area contributed by atoms with Crippen LogP contribution in [-0.2, 0) is 32.7 Å². The second-order valence-corrected chi connectivity index (χ2v) is 11.3. The Morgan fingerprint density at radius 1 is 0.952 bits per heavy atom. The predicted molar refractivity (Wildman–Crippen MR) is 155 cm³/mol. The fraction of sp³-hybridized carbons (Fsp3) is 0.107. The highest BCUT2D eigenvalue weighted by molar-refractivity contribution is 7.89. The van der Waals surface area contributed by atoms with Crippen molar-refractivity contribution in [3.8, 4) is 0 Å². The van der Waals surface area contributed by atoms with Gasteiger partial charge in [0.05, 0.1) is 22.6 Å². The molecule has 216 valence electrons. The van der Waals surface area contributed by atoms with Crippen LogP contribution in [0.3, 0.4) is 0 Å². The average Bonchev–Trinajstić information content (AvgIpc) is 3.41. The van der Waals surface area contributed by atoms with Crippen LogP contribution in [0.1, 0.15) is 22.6 Å². The van der Waals surface area contributed by atoms with Crippen molar-refractivity contribution in [2.24, 2.45) is 5.10 Å². The molecular weight excluding hydrogens is 586 g/mol. The summed E-state index contributed by atoms with van der Waals surface area (Å²) in [6.07, 6.45) is 1.15. The molecule has 42 heavy (non-hydrogen) atoms. The van der Waals surface area contributed by atoms with Gasteiger partial charge in [0.2, 0.25) is 10.0 Å². The molecule has 0 radical (unpaired) electrons. The first-order valence-corrected chi connectivity index (χ1v) is 14.1. The molecule has 1 aromatic heterocycles. The summed E-state index contributed by atoms with van der Waals surface area (Å²) in [5.41, 5.74) is 3.71. The molecule has 0 aliphatic carbocycles. The molecule has 0 atom stereocenters. The molecule has 0 aliphatic heterocycles. The van der Waals surface area contributed by atoms with Crippen LogP contribution in [0.25, 0.3) is 0 Å². The Hall–Kier alpha value is -4.85. The van der Waals surface area contributed by atoms with Crippen LogP contribution in [0, 0.1) is 17.0 Å². The first-order chi connectivity index (χ1) is 20.0.